The van der Waals surface area contributed by atoms with Gasteiger partial charge in [0.15, 0.2) is 11.6 Å². The molecule has 5 heteroatoms. The summed E-state index contributed by atoms with van der Waals surface area (Å²) in [6.45, 7) is 0.792. The Morgan fingerprint density at radius 2 is 1.55 bits per heavy atom. The summed E-state index contributed by atoms with van der Waals surface area (Å²) in [6, 6.07) is 6.92. The van der Waals surface area contributed by atoms with Crippen LogP contribution in [-0.4, -0.2) is 40.8 Å². The fourth-order valence-corrected chi connectivity index (χ4v) is 3.22. The summed E-state index contributed by atoms with van der Waals surface area (Å²) in [7, 11) is 0. The van der Waals surface area contributed by atoms with Crippen molar-refractivity contribution in [1.29, 1.82) is 0 Å². The number of likely N-dealkylation sites (tertiary alicyclic amines) is 1. The molecule has 3 rings (SSSR count). The van der Waals surface area contributed by atoms with Crippen LogP contribution in [0.4, 0.5) is 4.79 Å². The minimum atomic E-state index is -0.934. The first-order valence-electron chi connectivity index (χ1n) is 6.75. The van der Waals surface area contributed by atoms with Crippen molar-refractivity contribution in [3.05, 3.63) is 35.4 Å². The Labute approximate surface area is 116 Å². The van der Waals surface area contributed by atoms with Crippen LogP contribution in [0.1, 0.15) is 33.6 Å². The smallest absolute Gasteiger partial charge is 0.407 e. The Morgan fingerprint density at radius 1 is 1.05 bits per heavy atom. The van der Waals surface area contributed by atoms with Crippen molar-refractivity contribution in [3.8, 4) is 0 Å². The molecule has 1 fully saturated rings. The Morgan fingerprint density at radius 3 is 2.00 bits per heavy atom. The molecule has 0 radical (unpaired) electrons. The van der Waals surface area contributed by atoms with Gasteiger partial charge in [0.25, 0.3) is 0 Å². The molecule has 1 aliphatic heterocycles. The molecular weight excluding hydrogens is 258 g/mol. The van der Waals surface area contributed by atoms with E-state index >= 15 is 0 Å². The summed E-state index contributed by atoms with van der Waals surface area (Å²) in [5.41, 5.74) is 1.03. The van der Waals surface area contributed by atoms with Crippen molar-refractivity contribution in [1.82, 2.24) is 4.90 Å². The Bertz CT molecular complexity index is 552. The lowest BCUT2D eigenvalue weighted by Crippen LogP contribution is -2.41. The molecule has 0 spiro atoms. The minimum absolute atomic E-state index is 0.0435. The van der Waals surface area contributed by atoms with Crippen LogP contribution in [0.25, 0.3) is 0 Å². The lowest BCUT2D eigenvalue weighted by atomic mass is 9.81. The Kier molecular flexibility index (Phi) is 3.04. The van der Waals surface area contributed by atoms with E-state index in [4.69, 9.17) is 5.11 Å². The van der Waals surface area contributed by atoms with Gasteiger partial charge < -0.3 is 10.0 Å². The topological polar surface area (TPSA) is 74.7 Å². The van der Waals surface area contributed by atoms with Gasteiger partial charge in [-0.05, 0) is 18.8 Å². The average molecular weight is 273 g/mol. The predicted octanol–water partition coefficient (Wildman–Crippen LogP) is 2.07. The van der Waals surface area contributed by atoms with E-state index in [1.807, 2.05) is 0 Å². The van der Waals surface area contributed by atoms with Crippen LogP contribution >= 0.6 is 0 Å². The van der Waals surface area contributed by atoms with Crippen LogP contribution < -0.4 is 0 Å². The highest BCUT2D eigenvalue weighted by Crippen LogP contribution is 2.36. The van der Waals surface area contributed by atoms with Crippen molar-refractivity contribution < 1.29 is 19.5 Å². The summed E-state index contributed by atoms with van der Waals surface area (Å²) in [4.78, 5) is 37.0. The molecule has 1 heterocycles. The maximum absolute atomic E-state index is 12.4. The molecule has 1 saturated heterocycles. The van der Waals surface area contributed by atoms with Crippen molar-refractivity contribution >= 4 is 17.7 Å². The molecule has 0 aromatic heterocycles. The van der Waals surface area contributed by atoms with E-state index in [9.17, 15) is 14.4 Å². The molecule has 20 heavy (non-hydrogen) atoms. The summed E-state index contributed by atoms with van der Waals surface area (Å²) in [6.07, 6.45) is 0.209. The van der Waals surface area contributed by atoms with Crippen LogP contribution in [-0.2, 0) is 0 Å². The van der Waals surface area contributed by atoms with Gasteiger partial charge in [-0.25, -0.2) is 4.79 Å². The first-order valence-corrected chi connectivity index (χ1v) is 6.75. The number of carboxylic acid groups (broad SMARTS) is 1. The van der Waals surface area contributed by atoms with E-state index < -0.39 is 12.0 Å². The number of ketones is 2. The zero-order valence-electron chi connectivity index (χ0n) is 10.9. The number of Topliss-reactive ketones (excluding diaryl/α,β-unsaturated/α-hetero) is 2. The van der Waals surface area contributed by atoms with Gasteiger partial charge in [0.1, 0.15) is 0 Å². The van der Waals surface area contributed by atoms with Crippen LogP contribution in [0, 0.1) is 11.8 Å². The van der Waals surface area contributed by atoms with Gasteiger partial charge in [-0.2, -0.15) is 0 Å². The van der Waals surface area contributed by atoms with E-state index in [2.05, 4.69) is 0 Å². The molecule has 104 valence electrons. The number of nitrogens with zero attached hydrogens (tertiary/aromatic N) is 1. The molecule has 1 aliphatic carbocycles. The number of benzene rings is 1. The standard InChI is InChI=1S/C15H15NO4/c17-13-10-3-1-2-4-11(10)14(18)12(13)9-5-7-16(8-6-9)15(19)20/h1-4,9,12H,5-8H2,(H,19,20). The van der Waals surface area contributed by atoms with Gasteiger partial charge in [0.2, 0.25) is 0 Å². The monoisotopic (exact) mass is 273 g/mol. The number of carbonyl (C=O) groups is 3. The normalized spacial score (nSPS) is 20.3. The van der Waals surface area contributed by atoms with Crippen molar-refractivity contribution in [2.45, 2.75) is 12.8 Å². The van der Waals surface area contributed by atoms with E-state index in [1.54, 1.807) is 24.3 Å². The zero-order chi connectivity index (χ0) is 14.3. The number of hydrogen-bond donors (Lipinski definition) is 1. The second-order valence-electron chi connectivity index (χ2n) is 5.36. The lowest BCUT2D eigenvalue weighted by molar-refractivity contribution is 0.0712. The second kappa shape index (κ2) is 4.74. The molecule has 0 atom stereocenters. The van der Waals surface area contributed by atoms with E-state index in [0.29, 0.717) is 37.1 Å². The maximum atomic E-state index is 12.4. The quantitative estimate of drug-likeness (QED) is 0.795. The van der Waals surface area contributed by atoms with Gasteiger partial charge in [0.05, 0.1) is 5.92 Å². The molecule has 0 bridgehead atoms. The largest absolute Gasteiger partial charge is 0.465 e. The molecule has 2 aliphatic rings. The summed E-state index contributed by atoms with van der Waals surface area (Å²) in [5, 5.41) is 8.93. The molecule has 0 saturated carbocycles. The molecule has 1 aromatic rings. The molecule has 5 nitrogen and oxygen atoms in total. The third-order valence-corrected chi connectivity index (χ3v) is 4.30. The highest BCUT2D eigenvalue weighted by molar-refractivity contribution is 6.26. The first kappa shape index (κ1) is 12.8. The number of fused-ring (bicyclic) bond motifs is 1. The lowest BCUT2D eigenvalue weighted by Gasteiger charge is -2.32. The molecule has 1 N–H and O–H groups in total. The Hall–Kier alpha value is -2.17. The number of amides is 1. The van der Waals surface area contributed by atoms with Gasteiger partial charge in [-0.15, -0.1) is 0 Å². The fraction of sp³-hybridized carbons (Fsp3) is 0.400. The van der Waals surface area contributed by atoms with Crippen molar-refractivity contribution in [3.63, 3.8) is 0 Å². The van der Waals surface area contributed by atoms with Crippen LogP contribution in [0.2, 0.25) is 0 Å². The van der Waals surface area contributed by atoms with E-state index in [1.165, 1.54) is 4.90 Å². The Balaban J connectivity index is 1.79. The summed E-state index contributed by atoms with van der Waals surface area (Å²) < 4.78 is 0. The highest BCUT2D eigenvalue weighted by Gasteiger charge is 2.44. The molecule has 1 aromatic carbocycles. The van der Waals surface area contributed by atoms with Crippen LogP contribution in [0.5, 0.6) is 0 Å². The van der Waals surface area contributed by atoms with E-state index in [-0.39, 0.29) is 17.5 Å². The van der Waals surface area contributed by atoms with Crippen molar-refractivity contribution in [2.75, 3.05) is 13.1 Å². The molecular formula is C15H15NO4. The van der Waals surface area contributed by atoms with E-state index in [0.717, 1.165) is 0 Å². The molecule has 0 unspecified atom stereocenters. The SMILES string of the molecule is O=C1c2ccccc2C(=O)C1C1CCN(C(=O)O)CC1. The van der Waals surface area contributed by atoms with Gasteiger partial charge in [0, 0.05) is 24.2 Å². The van der Waals surface area contributed by atoms with Crippen molar-refractivity contribution in [2.24, 2.45) is 11.8 Å². The van der Waals surface area contributed by atoms with Gasteiger partial charge >= 0.3 is 6.09 Å². The maximum Gasteiger partial charge on any atom is 0.407 e. The predicted molar refractivity (Wildman–Crippen MR) is 70.9 cm³/mol. The highest BCUT2D eigenvalue weighted by atomic mass is 16.4. The number of piperidine rings is 1. The number of hydrogen-bond acceptors (Lipinski definition) is 3. The third-order valence-electron chi connectivity index (χ3n) is 4.30. The average Bonchev–Trinajstić information content (AvgIpc) is 2.72. The van der Waals surface area contributed by atoms with Gasteiger partial charge in [-0.1, -0.05) is 24.3 Å². The summed E-state index contributed by atoms with van der Waals surface area (Å²) >= 11 is 0. The van der Waals surface area contributed by atoms with Crippen LogP contribution in [0.15, 0.2) is 24.3 Å². The summed E-state index contributed by atoms with van der Waals surface area (Å²) in [5.74, 6) is -0.847. The number of rotatable bonds is 1. The number of carbonyl (C=O) groups excluding carboxylic acids is 2. The second-order valence-corrected chi connectivity index (χ2v) is 5.36. The van der Waals surface area contributed by atoms with Crippen LogP contribution in [0.3, 0.4) is 0 Å². The first-order chi connectivity index (χ1) is 9.59. The minimum Gasteiger partial charge on any atom is -0.465 e. The fourth-order valence-electron chi connectivity index (χ4n) is 3.22. The molecule has 1 amide bonds. The van der Waals surface area contributed by atoms with Gasteiger partial charge in [-0.3, -0.25) is 9.59 Å². The zero-order valence-corrected chi connectivity index (χ0v) is 10.9. The third kappa shape index (κ3) is 1.90.